The first-order valence-electron chi connectivity index (χ1n) is 4.73. The van der Waals surface area contributed by atoms with E-state index in [9.17, 15) is 14.0 Å². The molecular weight excluding hydrogens is 215 g/mol. The highest BCUT2D eigenvalue weighted by Gasteiger charge is 2.12. The number of carbonyl (C=O) groups excluding carboxylic acids is 2. The predicted molar refractivity (Wildman–Crippen MR) is 53.3 cm³/mol. The molecule has 0 saturated heterocycles. The average Bonchev–Trinajstić information content (AvgIpc) is 2.21. The third-order valence-corrected chi connectivity index (χ3v) is 1.64. The summed E-state index contributed by atoms with van der Waals surface area (Å²) in [7, 11) is 0. The highest BCUT2D eigenvalue weighted by atomic mass is 19.1. The molecule has 4 nitrogen and oxygen atoms in total. The Morgan fingerprint density at radius 3 is 2.38 bits per heavy atom. The molecule has 0 bridgehead atoms. The predicted octanol–water partition coefficient (Wildman–Crippen LogP) is 1.68. The zero-order chi connectivity index (χ0) is 12.0. The van der Waals surface area contributed by atoms with E-state index < -0.39 is 24.2 Å². The number of benzene rings is 1. The molecule has 1 rings (SSSR count). The van der Waals surface area contributed by atoms with Gasteiger partial charge in [-0.25, -0.2) is 4.39 Å². The normalized spacial score (nSPS) is 9.62. The molecule has 0 N–H and O–H groups in total. The van der Waals surface area contributed by atoms with Crippen LogP contribution in [0.25, 0.3) is 0 Å². The molecule has 0 aromatic heterocycles. The zero-order valence-electron chi connectivity index (χ0n) is 8.73. The van der Waals surface area contributed by atoms with Gasteiger partial charge in [-0.05, 0) is 31.2 Å². The summed E-state index contributed by atoms with van der Waals surface area (Å²) in [4.78, 5) is 22.1. The van der Waals surface area contributed by atoms with Gasteiger partial charge in [0.2, 0.25) is 0 Å². The van der Waals surface area contributed by atoms with Crippen LogP contribution in [0.3, 0.4) is 0 Å². The number of carbonyl (C=O) groups is 2. The molecule has 0 saturated carbocycles. The summed E-state index contributed by atoms with van der Waals surface area (Å²) in [5.74, 6) is -1.61. The molecule has 0 amide bonds. The Labute approximate surface area is 92.0 Å². The first-order chi connectivity index (χ1) is 7.61. The van der Waals surface area contributed by atoms with Gasteiger partial charge in [0, 0.05) is 0 Å². The fourth-order valence-electron chi connectivity index (χ4n) is 1.00. The summed E-state index contributed by atoms with van der Waals surface area (Å²) in [5, 5.41) is 0. The van der Waals surface area contributed by atoms with Crippen LogP contribution in [0.4, 0.5) is 4.39 Å². The number of halogens is 1. The van der Waals surface area contributed by atoms with Gasteiger partial charge in [-0.15, -0.1) is 0 Å². The van der Waals surface area contributed by atoms with E-state index in [1.165, 1.54) is 12.1 Å². The lowest BCUT2D eigenvalue weighted by molar-refractivity contribution is -0.149. The molecule has 0 radical (unpaired) electrons. The second-order valence-corrected chi connectivity index (χ2v) is 2.91. The molecule has 0 heterocycles. The smallest absolute Gasteiger partial charge is 0.322 e. The van der Waals surface area contributed by atoms with Crippen molar-refractivity contribution in [1.29, 1.82) is 0 Å². The van der Waals surface area contributed by atoms with Crippen molar-refractivity contribution in [2.24, 2.45) is 0 Å². The third-order valence-electron chi connectivity index (χ3n) is 1.64. The summed E-state index contributed by atoms with van der Waals surface area (Å²) >= 11 is 0. The maximum atomic E-state index is 12.5. The van der Waals surface area contributed by atoms with E-state index in [1.807, 2.05) is 0 Å². The Bertz CT molecular complexity index is 372. The van der Waals surface area contributed by atoms with Gasteiger partial charge in [0.25, 0.3) is 0 Å². The first-order valence-corrected chi connectivity index (χ1v) is 4.73. The van der Waals surface area contributed by atoms with Crippen molar-refractivity contribution in [3.8, 4) is 5.75 Å². The number of rotatable bonds is 4. The van der Waals surface area contributed by atoms with E-state index in [0.29, 0.717) is 0 Å². The molecular formula is C11H11FO4. The van der Waals surface area contributed by atoms with Crippen LogP contribution in [0.2, 0.25) is 0 Å². The summed E-state index contributed by atoms with van der Waals surface area (Å²) in [6.07, 6.45) is -0.453. The van der Waals surface area contributed by atoms with Crippen molar-refractivity contribution in [3.05, 3.63) is 30.1 Å². The van der Waals surface area contributed by atoms with Crippen molar-refractivity contribution in [2.75, 3.05) is 6.61 Å². The Hall–Kier alpha value is -1.91. The molecule has 0 fully saturated rings. The lowest BCUT2D eigenvalue weighted by Crippen LogP contribution is -2.15. The van der Waals surface area contributed by atoms with Crippen LogP contribution in [0, 0.1) is 5.82 Å². The topological polar surface area (TPSA) is 52.6 Å². The van der Waals surface area contributed by atoms with Crippen LogP contribution >= 0.6 is 0 Å². The number of hydrogen-bond acceptors (Lipinski definition) is 4. The standard InChI is InChI=1S/C11H11FO4/c1-2-15-10(13)7-11(14)16-9-5-3-8(12)4-6-9/h3-6H,2,7H2,1H3. The summed E-state index contributed by atoms with van der Waals surface area (Å²) in [6.45, 7) is 1.85. The van der Waals surface area contributed by atoms with Crippen molar-refractivity contribution in [2.45, 2.75) is 13.3 Å². The minimum atomic E-state index is -0.731. The second-order valence-electron chi connectivity index (χ2n) is 2.91. The zero-order valence-corrected chi connectivity index (χ0v) is 8.73. The van der Waals surface area contributed by atoms with Gasteiger partial charge in [0.1, 0.15) is 18.0 Å². The highest BCUT2D eigenvalue weighted by molar-refractivity contribution is 5.92. The monoisotopic (exact) mass is 226 g/mol. The minimum absolute atomic E-state index is 0.190. The van der Waals surface area contributed by atoms with Crippen LogP contribution in [-0.2, 0) is 14.3 Å². The molecule has 0 aliphatic rings. The molecule has 0 unspecified atom stereocenters. The first kappa shape index (κ1) is 12.2. The van der Waals surface area contributed by atoms with Crippen LogP contribution in [0.15, 0.2) is 24.3 Å². The van der Waals surface area contributed by atoms with Gasteiger partial charge in [-0.1, -0.05) is 0 Å². The maximum Gasteiger partial charge on any atom is 0.322 e. The Morgan fingerprint density at radius 1 is 1.19 bits per heavy atom. The second kappa shape index (κ2) is 5.85. The molecule has 0 aliphatic carbocycles. The number of hydrogen-bond donors (Lipinski definition) is 0. The summed E-state index contributed by atoms with van der Waals surface area (Å²) in [6, 6.07) is 4.93. The van der Waals surface area contributed by atoms with Gasteiger partial charge >= 0.3 is 11.9 Å². The maximum absolute atomic E-state index is 12.5. The summed E-state index contributed by atoms with van der Waals surface area (Å²) in [5.41, 5.74) is 0. The fourth-order valence-corrected chi connectivity index (χ4v) is 1.00. The average molecular weight is 226 g/mol. The Kier molecular flexibility index (Phi) is 4.44. The van der Waals surface area contributed by atoms with Crippen LogP contribution in [0.1, 0.15) is 13.3 Å². The van der Waals surface area contributed by atoms with E-state index >= 15 is 0 Å². The SMILES string of the molecule is CCOC(=O)CC(=O)Oc1ccc(F)cc1. The minimum Gasteiger partial charge on any atom is -0.466 e. The van der Waals surface area contributed by atoms with E-state index in [1.54, 1.807) is 6.92 Å². The molecule has 86 valence electrons. The van der Waals surface area contributed by atoms with Crippen LogP contribution < -0.4 is 4.74 Å². The lowest BCUT2D eigenvalue weighted by atomic mass is 10.3. The molecule has 0 aliphatic heterocycles. The van der Waals surface area contributed by atoms with Crippen molar-refractivity contribution in [1.82, 2.24) is 0 Å². The Morgan fingerprint density at radius 2 is 1.81 bits per heavy atom. The van der Waals surface area contributed by atoms with Crippen LogP contribution in [0.5, 0.6) is 5.75 Å². The molecule has 0 spiro atoms. The quantitative estimate of drug-likeness (QED) is 0.445. The van der Waals surface area contributed by atoms with E-state index in [4.69, 9.17) is 4.74 Å². The van der Waals surface area contributed by atoms with Gasteiger partial charge in [0.15, 0.2) is 0 Å². The lowest BCUT2D eigenvalue weighted by Gasteiger charge is -2.03. The van der Waals surface area contributed by atoms with Gasteiger partial charge < -0.3 is 9.47 Å². The van der Waals surface area contributed by atoms with Crippen molar-refractivity contribution in [3.63, 3.8) is 0 Å². The number of ether oxygens (including phenoxy) is 2. The third kappa shape index (κ3) is 4.08. The summed E-state index contributed by atoms with van der Waals surface area (Å²) < 4.78 is 21.9. The molecule has 1 aromatic carbocycles. The van der Waals surface area contributed by atoms with Crippen molar-refractivity contribution >= 4 is 11.9 Å². The molecule has 16 heavy (non-hydrogen) atoms. The van der Waals surface area contributed by atoms with Gasteiger partial charge in [0.05, 0.1) is 6.61 Å². The molecule has 0 atom stereocenters. The fraction of sp³-hybridized carbons (Fsp3) is 0.273. The highest BCUT2D eigenvalue weighted by Crippen LogP contribution is 2.11. The largest absolute Gasteiger partial charge is 0.466 e. The molecule has 5 heteroatoms. The number of esters is 2. The molecule has 1 aromatic rings. The Balaban J connectivity index is 2.45. The van der Waals surface area contributed by atoms with E-state index in [-0.39, 0.29) is 12.4 Å². The van der Waals surface area contributed by atoms with Crippen molar-refractivity contribution < 1.29 is 23.5 Å². The van der Waals surface area contributed by atoms with E-state index in [2.05, 4.69) is 4.74 Å². The van der Waals surface area contributed by atoms with Crippen LogP contribution in [-0.4, -0.2) is 18.5 Å². The van der Waals surface area contributed by atoms with Gasteiger partial charge in [-0.3, -0.25) is 9.59 Å². The van der Waals surface area contributed by atoms with E-state index in [0.717, 1.165) is 12.1 Å². The van der Waals surface area contributed by atoms with Gasteiger partial charge in [-0.2, -0.15) is 0 Å².